The number of carbonyl (C=O) groups excluding carboxylic acids is 1. The molecule has 4 nitrogen and oxygen atoms in total. The Morgan fingerprint density at radius 3 is 2.22 bits per heavy atom. The van der Waals surface area contributed by atoms with Crippen molar-refractivity contribution in [1.82, 2.24) is 5.32 Å². The van der Waals surface area contributed by atoms with Crippen molar-refractivity contribution in [3.8, 4) is 0 Å². The van der Waals surface area contributed by atoms with Gasteiger partial charge in [-0.1, -0.05) is 25.7 Å². The van der Waals surface area contributed by atoms with Gasteiger partial charge in [-0.25, -0.2) is 0 Å². The number of hydrogen-bond donors (Lipinski definition) is 2. The summed E-state index contributed by atoms with van der Waals surface area (Å²) in [4.78, 5) is 23.4. The molecule has 0 spiro atoms. The summed E-state index contributed by atoms with van der Waals surface area (Å²) in [5, 5.41) is 12.2. The minimum atomic E-state index is -1.12. The van der Waals surface area contributed by atoms with E-state index in [-0.39, 0.29) is 11.9 Å². The predicted octanol–water partition coefficient (Wildman–Crippen LogP) is 2.33. The van der Waals surface area contributed by atoms with E-state index in [1.54, 1.807) is 0 Å². The molecular formula is C14H23NO3. The van der Waals surface area contributed by atoms with Crippen LogP contribution < -0.4 is 5.32 Å². The first-order valence-electron chi connectivity index (χ1n) is 7.10. The number of carbonyl (C=O) groups is 2. The average molecular weight is 253 g/mol. The summed E-state index contributed by atoms with van der Waals surface area (Å²) in [5.74, 6) is -0.699. The topological polar surface area (TPSA) is 66.4 Å². The predicted molar refractivity (Wildman–Crippen MR) is 68.1 cm³/mol. The van der Waals surface area contributed by atoms with Gasteiger partial charge in [0.1, 0.15) is 5.41 Å². The Balaban J connectivity index is 1.91. The highest BCUT2D eigenvalue weighted by Gasteiger charge is 2.51. The van der Waals surface area contributed by atoms with Gasteiger partial charge in [-0.2, -0.15) is 0 Å². The number of hydrogen-bond acceptors (Lipinski definition) is 2. The maximum atomic E-state index is 12.1. The summed E-state index contributed by atoms with van der Waals surface area (Å²) >= 11 is 0. The van der Waals surface area contributed by atoms with Gasteiger partial charge < -0.3 is 10.4 Å². The highest BCUT2D eigenvalue weighted by Crippen LogP contribution is 2.41. The zero-order valence-electron chi connectivity index (χ0n) is 11.1. The largest absolute Gasteiger partial charge is 0.480 e. The summed E-state index contributed by atoms with van der Waals surface area (Å²) in [7, 11) is 0. The lowest BCUT2D eigenvalue weighted by Crippen LogP contribution is -2.54. The third kappa shape index (κ3) is 2.38. The number of amides is 1. The molecule has 2 rings (SSSR count). The van der Waals surface area contributed by atoms with Crippen LogP contribution >= 0.6 is 0 Å². The fraction of sp³-hybridized carbons (Fsp3) is 0.857. The molecule has 2 aliphatic carbocycles. The highest BCUT2D eigenvalue weighted by atomic mass is 16.4. The molecule has 4 heteroatoms. The van der Waals surface area contributed by atoms with Crippen LogP contribution in [0.3, 0.4) is 0 Å². The quantitative estimate of drug-likeness (QED) is 0.756. The molecule has 1 amide bonds. The van der Waals surface area contributed by atoms with Gasteiger partial charge in [0.2, 0.25) is 5.91 Å². The van der Waals surface area contributed by atoms with E-state index in [2.05, 4.69) is 5.32 Å². The van der Waals surface area contributed by atoms with Gasteiger partial charge >= 0.3 is 5.97 Å². The fourth-order valence-electron chi connectivity index (χ4n) is 3.17. The zero-order valence-corrected chi connectivity index (χ0v) is 11.1. The standard InChI is InChI=1S/C14H23NO3/c1-10(11-6-3-2-4-7-11)15-12(16)14(13(17)18)8-5-9-14/h10-11H,2-9H2,1H3,(H,15,16)(H,17,18). The first-order valence-corrected chi connectivity index (χ1v) is 7.10. The summed E-state index contributed by atoms with van der Waals surface area (Å²) in [6.07, 6.45) is 7.89. The van der Waals surface area contributed by atoms with Crippen LogP contribution in [0.15, 0.2) is 0 Å². The molecule has 1 atom stereocenters. The molecule has 0 aromatic heterocycles. The molecule has 0 aliphatic heterocycles. The number of nitrogens with one attached hydrogen (secondary N) is 1. The van der Waals surface area contributed by atoms with Crippen molar-refractivity contribution in [2.75, 3.05) is 0 Å². The third-order valence-electron chi connectivity index (χ3n) is 4.77. The first kappa shape index (κ1) is 13.4. The summed E-state index contributed by atoms with van der Waals surface area (Å²) in [5.41, 5.74) is -1.12. The smallest absolute Gasteiger partial charge is 0.319 e. The Bertz CT molecular complexity index is 330. The molecule has 2 N–H and O–H groups in total. The van der Waals surface area contributed by atoms with E-state index in [1.165, 1.54) is 19.3 Å². The molecule has 0 bridgehead atoms. The first-order chi connectivity index (χ1) is 8.56. The van der Waals surface area contributed by atoms with Crippen LogP contribution in [0.2, 0.25) is 0 Å². The fourth-order valence-corrected chi connectivity index (χ4v) is 3.17. The van der Waals surface area contributed by atoms with Crippen LogP contribution in [0, 0.1) is 11.3 Å². The second kappa shape index (κ2) is 5.29. The van der Waals surface area contributed by atoms with E-state index in [0.717, 1.165) is 19.3 Å². The summed E-state index contributed by atoms with van der Waals surface area (Å²) in [6.45, 7) is 2.02. The van der Waals surface area contributed by atoms with Crippen molar-refractivity contribution in [2.45, 2.75) is 64.3 Å². The van der Waals surface area contributed by atoms with E-state index < -0.39 is 11.4 Å². The van der Waals surface area contributed by atoms with Crippen molar-refractivity contribution in [3.05, 3.63) is 0 Å². The van der Waals surface area contributed by atoms with Crippen molar-refractivity contribution < 1.29 is 14.7 Å². The normalized spacial score (nSPS) is 24.9. The molecule has 102 valence electrons. The number of carboxylic acid groups (broad SMARTS) is 1. The van der Waals surface area contributed by atoms with Crippen molar-refractivity contribution in [3.63, 3.8) is 0 Å². The Kier molecular flexibility index (Phi) is 3.93. The summed E-state index contributed by atoms with van der Waals surface area (Å²) in [6, 6.07) is 0.106. The van der Waals surface area contributed by atoms with Crippen LogP contribution in [0.4, 0.5) is 0 Å². The molecule has 18 heavy (non-hydrogen) atoms. The van der Waals surface area contributed by atoms with Crippen molar-refractivity contribution >= 4 is 11.9 Å². The minimum absolute atomic E-state index is 0.106. The molecule has 2 aliphatic rings. The second-order valence-electron chi connectivity index (χ2n) is 5.90. The van der Waals surface area contributed by atoms with Crippen molar-refractivity contribution in [2.24, 2.45) is 11.3 Å². The van der Waals surface area contributed by atoms with Crippen LogP contribution in [-0.4, -0.2) is 23.0 Å². The molecule has 2 saturated carbocycles. The van der Waals surface area contributed by atoms with Gasteiger partial charge in [-0.15, -0.1) is 0 Å². The van der Waals surface area contributed by atoms with E-state index in [9.17, 15) is 14.7 Å². The van der Waals surface area contributed by atoms with E-state index in [0.29, 0.717) is 18.8 Å². The van der Waals surface area contributed by atoms with Gasteiger partial charge in [0.15, 0.2) is 0 Å². The Morgan fingerprint density at radius 1 is 1.17 bits per heavy atom. The van der Waals surface area contributed by atoms with Crippen LogP contribution in [0.1, 0.15) is 58.3 Å². The zero-order chi connectivity index (χ0) is 13.2. The molecular weight excluding hydrogens is 230 g/mol. The van der Waals surface area contributed by atoms with Crippen LogP contribution in [0.25, 0.3) is 0 Å². The van der Waals surface area contributed by atoms with Crippen molar-refractivity contribution in [1.29, 1.82) is 0 Å². The van der Waals surface area contributed by atoms with Gasteiger partial charge in [0.05, 0.1) is 0 Å². The molecule has 0 radical (unpaired) electrons. The SMILES string of the molecule is CC(NC(=O)C1(C(=O)O)CCC1)C1CCCCC1. The Hall–Kier alpha value is -1.06. The molecule has 2 fully saturated rings. The number of carboxylic acids is 1. The Morgan fingerprint density at radius 2 is 1.78 bits per heavy atom. The van der Waals surface area contributed by atoms with Crippen LogP contribution in [0.5, 0.6) is 0 Å². The maximum Gasteiger partial charge on any atom is 0.319 e. The van der Waals surface area contributed by atoms with E-state index in [4.69, 9.17) is 0 Å². The molecule has 0 aromatic carbocycles. The molecule has 0 saturated heterocycles. The lowest BCUT2D eigenvalue weighted by atomic mass is 9.68. The van der Waals surface area contributed by atoms with Gasteiger partial charge in [0.25, 0.3) is 0 Å². The van der Waals surface area contributed by atoms with E-state index >= 15 is 0 Å². The molecule has 0 aromatic rings. The number of aliphatic carboxylic acids is 1. The minimum Gasteiger partial charge on any atom is -0.480 e. The third-order valence-corrected chi connectivity index (χ3v) is 4.77. The lowest BCUT2D eigenvalue weighted by Gasteiger charge is -2.38. The highest BCUT2D eigenvalue weighted by molar-refractivity contribution is 6.02. The second-order valence-corrected chi connectivity index (χ2v) is 5.90. The number of rotatable bonds is 4. The van der Waals surface area contributed by atoms with Gasteiger partial charge in [-0.3, -0.25) is 9.59 Å². The summed E-state index contributed by atoms with van der Waals surface area (Å²) < 4.78 is 0. The van der Waals surface area contributed by atoms with E-state index in [1.807, 2.05) is 6.92 Å². The maximum absolute atomic E-state index is 12.1. The molecule has 0 heterocycles. The van der Waals surface area contributed by atoms with Gasteiger partial charge in [0, 0.05) is 6.04 Å². The molecule has 1 unspecified atom stereocenters. The van der Waals surface area contributed by atoms with Crippen LogP contribution in [-0.2, 0) is 9.59 Å². The Labute approximate surface area is 108 Å². The average Bonchev–Trinajstić information content (AvgIpc) is 2.28. The van der Waals surface area contributed by atoms with Gasteiger partial charge in [-0.05, 0) is 38.5 Å². The monoisotopic (exact) mass is 253 g/mol. The lowest BCUT2D eigenvalue weighted by molar-refractivity contribution is -0.162.